The molecule has 0 saturated heterocycles. The van der Waals surface area contributed by atoms with E-state index in [1.807, 2.05) is 24.3 Å². The van der Waals surface area contributed by atoms with Crippen molar-refractivity contribution in [1.29, 1.82) is 0 Å². The second-order valence-corrected chi connectivity index (χ2v) is 6.43. The third-order valence-corrected chi connectivity index (χ3v) is 3.91. The fourth-order valence-corrected chi connectivity index (χ4v) is 2.58. The predicted octanol–water partition coefficient (Wildman–Crippen LogP) is 4.33. The van der Waals surface area contributed by atoms with Crippen LogP contribution in [0.3, 0.4) is 0 Å². The van der Waals surface area contributed by atoms with Crippen LogP contribution in [0.5, 0.6) is 0 Å². The zero-order valence-electron chi connectivity index (χ0n) is 16.6. The summed E-state index contributed by atoms with van der Waals surface area (Å²) < 4.78 is 0. The van der Waals surface area contributed by atoms with Gasteiger partial charge in [-0.05, 0) is 44.4 Å². The van der Waals surface area contributed by atoms with Gasteiger partial charge in [-0.2, -0.15) is 0 Å². The minimum atomic E-state index is -0.0493. The Morgan fingerprint density at radius 3 is 2.42 bits per heavy atom. The first kappa shape index (κ1) is 24.7. The van der Waals surface area contributed by atoms with Crippen LogP contribution in [-0.2, 0) is 11.2 Å². The molecule has 0 radical (unpaired) electrons. The Balaban J connectivity index is 0.00000625. The molecule has 1 unspecified atom stereocenters. The van der Waals surface area contributed by atoms with Gasteiger partial charge < -0.3 is 16.0 Å². The molecule has 0 aliphatic rings. The van der Waals surface area contributed by atoms with Crippen molar-refractivity contribution in [2.24, 2.45) is 4.99 Å². The predicted molar refractivity (Wildman–Crippen MR) is 123 cm³/mol. The number of aliphatic imine (C=N–C) groups is 1. The summed E-state index contributed by atoms with van der Waals surface area (Å²) in [4.78, 5) is 15.7. The highest BCUT2D eigenvalue weighted by molar-refractivity contribution is 14.0. The number of hydrogen-bond acceptors (Lipinski definition) is 2. The van der Waals surface area contributed by atoms with Crippen LogP contribution < -0.4 is 16.0 Å². The Kier molecular flexibility index (Phi) is 14.1. The number of nitrogens with one attached hydrogen (secondary N) is 3. The second-order valence-electron chi connectivity index (χ2n) is 6.43. The molecule has 0 saturated carbocycles. The van der Waals surface area contributed by atoms with Gasteiger partial charge in [0.15, 0.2) is 5.96 Å². The molecule has 1 rings (SSSR count). The van der Waals surface area contributed by atoms with Crippen molar-refractivity contribution < 1.29 is 4.79 Å². The van der Waals surface area contributed by atoms with E-state index in [0.717, 1.165) is 31.2 Å². The van der Waals surface area contributed by atoms with Gasteiger partial charge in [0, 0.05) is 31.7 Å². The number of benzene rings is 1. The second kappa shape index (κ2) is 14.8. The van der Waals surface area contributed by atoms with Gasteiger partial charge in [-0.3, -0.25) is 9.79 Å². The fraction of sp³-hybridized carbons (Fsp3) is 0.600. The number of carbonyl (C=O) groups excluding carboxylic acids is 1. The van der Waals surface area contributed by atoms with Crippen molar-refractivity contribution >= 4 is 41.5 Å². The molecular formula is C20H35IN4O. The molecule has 3 N–H and O–H groups in total. The monoisotopic (exact) mass is 474 g/mol. The Labute approximate surface area is 175 Å². The summed E-state index contributed by atoms with van der Waals surface area (Å²) in [7, 11) is 0. The van der Waals surface area contributed by atoms with E-state index in [1.165, 1.54) is 38.2 Å². The molecule has 1 amide bonds. The van der Waals surface area contributed by atoms with Gasteiger partial charge in [-0.1, -0.05) is 38.3 Å². The van der Waals surface area contributed by atoms with Crippen LogP contribution in [-0.4, -0.2) is 31.0 Å². The highest BCUT2D eigenvalue weighted by atomic mass is 127. The van der Waals surface area contributed by atoms with E-state index in [1.54, 1.807) is 0 Å². The summed E-state index contributed by atoms with van der Waals surface area (Å²) >= 11 is 0. The number of amides is 1. The molecule has 1 aromatic rings. The highest BCUT2D eigenvalue weighted by Crippen LogP contribution is 2.10. The molecule has 1 aromatic carbocycles. The summed E-state index contributed by atoms with van der Waals surface area (Å²) in [5.74, 6) is 0.841. The van der Waals surface area contributed by atoms with Crippen LogP contribution in [0.1, 0.15) is 58.9 Å². The lowest BCUT2D eigenvalue weighted by Crippen LogP contribution is -2.42. The molecule has 0 aliphatic heterocycles. The zero-order valence-corrected chi connectivity index (χ0v) is 18.9. The number of anilines is 1. The fourth-order valence-electron chi connectivity index (χ4n) is 2.58. The van der Waals surface area contributed by atoms with Crippen LogP contribution in [0, 0.1) is 0 Å². The van der Waals surface area contributed by atoms with E-state index >= 15 is 0 Å². The molecule has 0 bridgehead atoms. The third kappa shape index (κ3) is 11.3. The van der Waals surface area contributed by atoms with Gasteiger partial charge >= 0.3 is 0 Å². The normalized spacial score (nSPS) is 12.1. The van der Waals surface area contributed by atoms with E-state index in [0.29, 0.717) is 6.04 Å². The SMILES string of the molecule is CCCCCC(C)NC(=NCCc1ccc(NC(C)=O)cc1)NCC.I. The molecular weight excluding hydrogens is 439 g/mol. The number of unbranched alkanes of at least 4 members (excludes halogenated alkanes) is 2. The van der Waals surface area contributed by atoms with Crippen LogP contribution in [0.4, 0.5) is 5.69 Å². The van der Waals surface area contributed by atoms with Crippen LogP contribution in [0.2, 0.25) is 0 Å². The molecule has 0 aromatic heterocycles. The van der Waals surface area contributed by atoms with Crippen molar-refractivity contribution in [1.82, 2.24) is 10.6 Å². The molecule has 26 heavy (non-hydrogen) atoms. The van der Waals surface area contributed by atoms with E-state index in [-0.39, 0.29) is 29.9 Å². The molecule has 0 heterocycles. The number of rotatable bonds is 10. The first-order valence-electron chi connectivity index (χ1n) is 9.46. The molecule has 6 heteroatoms. The lowest BCUT2D eigenvalue weighted by atomic mass is 10.1. The average Bonchev–Trinajstić information content (AvgIpc) is 2.56. The Hall–Kier alpha value is -1.31. The number of halogens is 1. The standard InChI is InChI=1S/C20H34N4O.HI/c1-5-7-8-9-16(3)23-20(21-6-2)22-15-14-18-10-12-19(13-11-18)24-17(4)25;/h10-13,16H,5-9,14-15H2,1-4H3,(H,24,25)(H2,21,22,23);1H. The van der Waals surface area contributed by atoms with Crippen LogP contribution in [0.15, 0.2) is 29.3 Å². The largest absolute Gasteiger partial charge is 0.357 e. The Bertz CT molecular complexity index is 531. The molecule has 0 fully saturated rings. The maximum atomic E-state index is 11.0. The smallest absolute Gasteiger partial charge is 0.221 e. The minimum Gasteiger partial charge on any atom is -0.357 e. The number of carbonyl (C=O) groups is 1. The molecule has 1 atom stereocenters. The Morgan fingerprint density at radius 1 is 1.15 bits per heavy atom. The summed E-state index contributed by atoms with van der Waals surface area (Å²) in [6.45, 7) is 9.63. The van der Waals surface area contributed by atoms with E-state index in [2.05, 4.69) is 41.7 Å². The van der Waals surface area contributed by atoms with E-state index in [4.69, 9.17) is 0 Å². The van der Waals surface area contributed by atoms with Crippen molar-refractivity contribution in [2.45, 2.75) is 65.8 Å². The number of hydrogen-bond donors (Lipinski definition) is 3. The summed E-state index contributed by atoms with van der Waals surface area (Å²) in [5, 5.41) is 9.58. The zero-order chi connectivity index (χ0) is 18.5. The molecule has 0 spiro atoms. The van der Waals surface area contributed by atoms with Crippen LogP contribution in [0.25, 0.3) is 0 Å². The number of guanidine groups is 1. The average molecular weight is 474 g/mol. The van der Waals surface area contributed by atoms with Crippen molar-refractivity contribution in [2.75, 3.05) is 18.4 Å². The van der Waals surface area contributed by atoms with Gasteiger partial charge in [0.2, 0.25) is 5.91 Å². The van der Waals surface area contributed by atoms with Gasteiger partial charge in [0.1, 0.15) is 0 Å². The van der Waals surface area contributed by atoms with Crippen molar-refractivity contribution in [3.63, 3.8) is 0 Å². The molecule has 0 aliphatic carbocycles. The van der Waals surface area contributed by atoms with Crippen molar-refractivity contribution in [3.05, 3.63) is 29.8 Å². The lowest BCUT2D eigenvalue weighted by molar-refractivity contribution is -0.114. The Morgan fingerprint density at radius 2 is 1.85 bits per heavy atom. The van der Waals surface area contributed by atoms with Gasteiger partial charge in [-0.15, -0.1) is 24.0 Å². The first-order chi connectivity index (χ1) is 12.0. The maximum Gasteiger partial charge on any atom is 0.221 e. The summed E-state index contributed by atoms with van der Waals surface area (Å²) in [6.07, 6.45) is 5.84. The quantitative estimate of drug-likeness (QED) is 0.205. The van der Waals surface area contributed by atoms with Gasteiger partial charge in [0.05, 0.1) is 0 Å². The summed E-state index contributed by atoms with van der Waals surface area (Å²) in [5.41, 5.74) is 2.04. The minimum absolute atomic E-state index is 0. The summed E-state index contributed by atoms with van der Waals surface area (Å²) in [6, 6.07) is 8.36. The van der Waals surface area contributed by atoms with Gasteiger partial charge in [-0.25, -0.2) is 0 Å². The van der Waals surface area contributed by atoms with Crippen LogP contribution >= 0.6 is 24.0 Å². The van der Waals surface area contributed by atoms with E-state index in [9.17, 15) is 4.79 Å². The molecule has 5 nitrogen and oxygen atoms in total. The lowest BCUT2D eigenvalue weighted by Gasteiger charge is -2.17. The highest BCUT2D eigenvalue weighted by Gasteiger charge is 2.04. The van der Waals surface area contributed by atoms with E-state index < -0.39 is 0 Å². The van der Waals surface area contributed by atoms with Gasteiger partial charge in [0.25, 0.3) is 0 Å². The maximum absolute atomic E-state index is 11.0. The molecule has 148 valence electrons. The third-order valence-electron chi connectivity index (χ3n) is 3.91. The van der Waals surface area contributed by atoms with Crippen molar-refractivity contribution in [3.8, 4) is 0 Å². The topological polar surface area (TPSA) is 65.5 Å². The number of nitrogens with zero attached hydrogens (tertiary/aromatic N) is 1. The first-order valence-corrected chi connectivity index (χ1v) is 9.46.